The molecule has 0 saturated carbocycles. The van der Waals surface area contributed by atoms with Crippen molar-refractivity contribution in [2.45, 2.75) is 0 Å². The fourth-order valence-corrected chi connectivity index (χ4v) is 2.96. The summed E-state index contributed by atoms with van der Waals surface area (Å²) >= 11 is 0. The summed E-state index contributed by atoms with van der Waals surface area (Å²) in [7, 11) is 4.41. The van der Waals surface area contributed by atoms with Crippen molar-refractivity contribution >= 4 is 11.0 Å². The summed E-state index contributed by atoms with van der Waals surface area (Å²) in [5.74, 6) is 1.16. The molecule has 0 N–H and O–H groups in total. The second-order valence-corrected chi connectivity index (χ2v) is 6.60. The Morgan fingerprint density at radius 1 is 0.818 bits per heavy atom. The van der Waals surface area contributed by atoms with Gasteiger partial charge in [0.1, 0.15) is 24.6 Å². The molecule has 33 heavy (non-hydrogen) atoms. The van der Waals surface area contributed by atoms with E-state index in [1.165, 1.54) is 21.3 Å². The first kappa shape index (κ1) is 24.3. The average molecular weight is 464 g/mol. The Kier molecular flexibility index (Phi) is 8.87. The second-order valence-electron chi connectivity index (χ2n) is 6.60. The zero-order valence-electron chi connectivity index (χ0n) is 18.6. The van der Waals surface area contributed by atoms with Crippen LogP contribution in [-0.4, -0.2) is 55.0 Å². The topological polar surface area (TPSA) is 94.8 Å². The molecule has 0 unspecified atom stereocenters. The normalized spacial score (nSPS) is 10.9. The van der Waals surface area contributed by atoms with E-state index in [1.54, 1.807) is 36.4 Å². The van der Waals surface area contributed by atoms with Crippen molar-refractivity contribution in [2.75, 3.05) is 55.0 Å². The van der Waals surface area contributed by atoms with Crippen LogP contribution in [0, 0.1) is 0 Å². The standard InChI is InChI=1S/C23H25FO9/c1-26-12-30-16-5-6-17-19(11-16)33-22(23(21(17)25)32-14-28-3)15-4-7-18(29-9-8-24)20(10-15)31-13-27-2/h4-7,10-11H,8-9,12-14H2,1-3H3. The van der Waals surface area contributed by atoms with E-state index in [-0.39, 0.29) is 49.8 Å². The van der Waals surface area contributed by atoms with Crippen molar-refractivity contribution in [3.05, 3.63) is 46.6 Å². The molecule has 0 aliphatic heterocycles. The molecule has 2 aromatic carbocycles. The highest BCUT2D eigenvalue weighted by atomic mass is 19.1. The monoisotopic (exact) mass is 464 g/mol. The number of benzene rings is 2. The highest BCUT2D eigenvalue weighted by molar-refractivity contribution is 5.83. The van der Waals surface area contributed by atoms with Gasteiger partial charge in [0.15, 0.2) is 37.6 Å². The van der Waals surface area contributed by atoms with Crippen LogP contribution >= 0.6 is 0 Å². The van der Waals surface area contributed by atoms with Crippen molar-refractivity contribution in [1.82, 2.24) is 0 Å². The van der Waals surface area contributed by atoms with E-state index >= 15 is 0 Å². The Morgan fingerprint density at radius 3 is 2.27 bits per heavy atom. The molecule has 0 atom stereocenters. The van der Waals surface area contributed by atoms with Crippen LogP contribution in [0.3, 0.4) is 0 Å². The lowest BCUT2D eigenvalue weighted by Gasteiger charge is -2.15. The molecule has 1 heterocycles. The van der Waals surface area contributed by atoms with Crippen LogP contribution in [0.1, 0.15) is 0 Å². The predicted octanol–water partition coefficient (Wildman–Crippen LogP) is 3.76. The molecule has 0 aliphatic carbocycles. The van der Waals surface area contributed by atoms with Crippen molar-refractivity contribution < 1.29 is 42.0 Å². The largest absolute Gasteiger partial charge is 0.487 e. The number of hydrogen-bond acceptors (Lipinski definition) is 9. The smallest absolute Gasteiger partial charge is 0.235 e. The zero-order chi connectivity index (χ0) is 23.6. The third-order valence-electron chi connectivity index (χ3n) is 4.36. The van der Waals surface area contributed by atoms with Gasteiger partial charge in [-0.25, -0.2) is 4.39 Å². The summed E-state index contributed by atoms with van der Waals surface area (Å²) in [5, 5.41) is 0.299. The van der Waals surface area contributed by atoms with Gasteiger partial charge in [-0.15, -0.1) is 0 Å². The van der Waals surface area contributed by atoms with Gasteiger partial charge in [0.2, 0.25) is 11.2 Å². The average Bonchev–Trinajstić information content (AvgIpc) is 2.84. The molecule has 0 spiro atoms. The number of fused-ring (bicyclic) bond motifs is 1. The predicted molar refractivity (Wildman–Crippen MR) is 117 cm³/mol. The third kappa shape index (κ3) is 5.92. The fraction of sp³-hybridized carbons (Fsp3) is 0.348. The molecule has 0 amide bonds. The van der Waals surface area contributed by atoms with E-state index in [1.807, 2.05) is 0 Å². The Morgan fingerprint density at radius 2 is 1.55 bits per heavy atom. The van der Waals surface area contributed by atoms with Gasteiger partial charge >= 0.3 is 0 Å². The number of hydrogen-bond donors (Lipinski definition) is 0. The molecule has 1 aromatic heterocycles. The first-order valence-electron chi connectivity index (χ1n) is 9.92. The number of alkyl halides is 1. The van der Waals surface area contributed by atoms with Crippen LogP contribution in [-0.2, 0) is 14.2 Å². The summed E-state index contributed by atoms with van der Waals surface area (Å²) < 4.78 is 55.5. The summed E-state index contributed by atoms with van der Waals surface area (Å²) in [4.78, 5) is 13.2. The van der Waals surface area contributed by atoms with Crippen molar-refractivity contribution in [3.8, 4) is 34.3 Å². The van der Waals surface area contributed by atoms with Crippen LogP contribution in [0.4, 0.5) is 4.39 Å². The van der Waals surface area contributed by atoms with E-state index in [2.05, 4.69) is 0 Å². The van der Waals surface area contributed by atoms with Gasteiger partial charge in [-0.1, -0.05) is 0 Å². The van der Waals surface area contributed by atoms with E-state index in [0.29, 0.717) is 22.4 Å². The first-order chi connectivity index (χ1) is 16.1. The van der Waals surface area contributed by atoms with E-state index in [4.69, 9.17) is 37.6 Å². The number of halogens is 1. The Balaban J connectivity index is 2.14. The summed E-state index contributed by atoms with van der Waals surface area (Å²) in [6.45, 7) is -0.987. The van der Waals surface area contributed by atoms with Gasteiger partial charge in [0.05, 0.1) is 5.39 Å². The Hall–Kier alpha value is -3.34. The van der Waals surface area contributed by atoms with Gasteiger partial charge in [0.25, 0.3) is 0 Å². The Labute approximate surface area is 189 Å². The highest BCUT2D eigenvalue weighted by Gasteiger charge is 2.20. The number of ether oxygens (including phenoxy) is 7. The molecule has 0 radical (unpaired) electrons. The van der Waals surface area contributed by atoms with Crippen LogP contribution in [0.2, 0.25) is 0 Å². The quantitative estimate of drug-likeness (QED) is 0.351. The van der Waals surface area contributed by atoms with Gasteiger partial charge in [0, 0.05) is 33.0 Å². The molecule has 178 valence electrons. The fourth-order valence-electron chi connectivity index (χ4n) is 2.96. The van der Waals surface area contributed by atoms with E-state index < -0.39 is 12.1 Å². The molecular formula is C23H25FO9. The lowest BCUT2D eigenvalue weighted by Crippen LogP contribution is -2.12. The van der Waals surface area contributed by atoms with Crippen LogP contribution in [0.25, 0.3) is 22.3 Å². The van der Waals surface area contributed by atoms with Crippen LogP contribution < -0.4 is 24.4 Å². The molecule has 3 aromatic rings. The lowest BCUT2D eigenvalue weighted by atomic mass is 10.1. The summed E-state index contributed by atoms with van der Waals surface area (Å²) in [5.41, 5.74) is 0.353. The number of rotatable bonds is 13. The molecule has 0 aliphatic rings. The number of methoxy groups -OCH3 is 3. The Bertz CT molecular complexity index is 1110. The maximum absolute atomic E-state index is 13.2. The zero-order valence-corrected chi connectivity index (χ0v) is 18.6. The minimum atomic E-state index is -0.659. The SMILES string of the molecule is COCOc1ccc2c(=O)c(OCOC)c(-c3ccc(OCCF)c(OCOC)c3)oc2c1. The lowest BCUT2D eigenvalue weighted by molar-refractivity contribution is 0.0483. The van der Waals surface area contributed by atoms with Crippen LogP contribution in [0.15, 0.2) is 45.6 Å². The first-order valence-corrected chi connectivity index (χ1v) is 9.92. The van der Waals surface area contributed by atoms with E-state index in [9.17, 15) is 9.18 Å². The molecule has 0 bridgehead atoms. The minimum Gasteiger partial charge on any atom is -0.487 e. The minimum absolute atomic E-state index is 0.0370. The van der Waals surface area contributed by atoms with Gasteiger partial charge in [-0.05, 0) is 30.3 Å². The highest BCUT2D eigenvalue weighted by Crippen LogP contribution is 2.37. The molecule has 9 nitrogen and oxygen atoms in total. The molecule has 0 saturated heterocycles. The van der Waals surface area contributed by atoms with Crippen LogP contribution in [0.5, 0.6) is 23.0 Å². The maximum atomic E-state index is 13.2. The summed E-state index contributed by atoms with van der Waals surface area (Å²) in [6.07, 6.45) is 0. The van der Waals surface area contributed by atoms with Crippen molar-refractivity contribution in [3.63, 3.8) is 0 Å². The van der Waals surface area contributed by atoms with Gasteiger partial charge < -0.3 is 37.6 Å². The molecular weight excluding hydrogens is 439 g/mol. The molecule has 3 rings (SSSR count). The van der Waals surface area contributed by atoms with Gasteiger partial charge in [-0.2, -0.15) is 0 Å². The third-order valence-corrected chi connectivity index (χ3v) is 4.36. The second kappa shape index (κ2) is 12.0. The summed E-state index contributed by atoms with van der Waals surface area (Å²) in [6, 6.07) is 9.60. The van der Waals surface area contributed by atoms with E-state index in [0.717, 1.165) is 0 Å². The maximum Gasteiger partial charge on any atom is 0.235 e. The van der Waals surface area contributed by atoms with Crippen molar-refractivity contribution in [1.29, 1.82) is 0 Å². The van der Waals surface area contributed by atoms with Crippen molar-refractivity contribution in [2.24, 2.45) is 0 Å². The molecule has 10 heteroatoms. The molecule has 0 fully saturated rings. The van der Waals surface area contributed by atoms with Gasteiger partial charge in [-0.3, -0.25) is 4.79 Å².